The van der Waals surface area contributed by atoms with Gasteiger partial charge in [0, 0.05) is 17.3 Å². The van der Waals surface area contributed by atoms with Crippen LogP contribution in [0, 0.1) is 10.1 Å². The molecule has 1 heterocycles. The van der Waals surface area contributed by atoms with Crippen molar-refractivity contribution in [2.45, 2.75) is 0 Å². The van der Waals surface area contributed by atoms with Crippen molar-refractivity contribution in [3.63, 3.8) is 0 Å². The second-order valence-corrected chi connectivity index (χ2v) is 4.24. The number of hydrogen-bond donors (Lipinski definition) is 2. The maximum atomic E-state index is 11.9. The van der Waals surface area contributed by atoms with Crippen molar-refractivity contribution in [2.24, 2.45) is 0 Å². The molecule has 1 amide bonds. The standard InChI is InChI=1S/C12H8ClN3O4/c13-8-1-2-10(11(4-8)16(19)20)15-12(18)7-3-9(17)6-14-5-7/h1-6,17H,(H,15,18). The first-order valence-electron chi connectivity index (χ1n) is 5.36. The van der Waals surface area contributed by atoms with E-state index in [1.165, 1.54) is 30.6 Å². The van der Waals surface area contributed by atoms with E-state index < -0.39 is 10.8 Å². The van der Waals surface area contributed by atoms with Crippen molar-refractivity contribution >= 4 is 28.9 Å². The van der Waals surface area contributed by atoms with Crippen molar-refractivity contribution in [1.29, 1.82) is 0 Å². The topological polar surface area (TPSA) is 105 Å². The van der Waals surface area contributed by atoms with Gasteiger partial charge in [-0.05, 0) is 18.2 Å². The summed E-state index contributed by atoms with van der Waals surface area (Å²) in [7, 11) is 0. The van der Waals surface area contributed by atoms with Crippen molar-refractivity contribution in [3.05, 3.63) is 57.4 Å². The SMILES string of the molecule is O=C(Nc1ccc(Cl)cc1[N+](=O)[O-])c1cncc(O)c1. The van der Waals surface area contributed by atoms with Crippen LogP contribution in [0.25, 0.3) is 0 Å². The minimum Gasteiger partial charge on any atom is -0.506 e. The van der Waals surface area contributed by atoms with E-state index in [0.717, 1.165) is 6.07 Å². The van der Waals surface area contributed by atoms with Crippen LogP contribution < -0.4 is 5.32 Å². The van der Waals surface area contributed by atoms with Crippen LogP contribution in [-0.2, 0) is 0 Å². The largest absolute Gasteiger partial charge is 0.506 e. The summed E-state index contributed by atoms with van der Waals surface area (Å²) in [5.74, 6) is -0.804. The quantitative estimate of drug-likeness (QED) is 0.668. The highest BCUT2D eigenvalue weighted by atomic mass is 35.5. The van der Waals surface area contributed by atoms with E-state index in [0.29, 0.717) is 0 Å². The lowest BCUT2D eigenvalue weighted by molar-refractivity contribution is -0.383. The number of carbonyl (C=O) groups is 1. The number of aromatic hydroxyl groups is 1. The summed E-state index contributed by atoms with van der Waals surface area (Å²) in [6, 6.07) is 5.08. The highest BCUT2D eigenvalue weighted by Gasteiger charge is 2.17. The zero-order chi connectivity index (χ0) is 14.7. The number of nitro benzene ring substituents is 1. The third-order valence-corrected chi connectivity index (χ3v) is 2.63. The number of pyridine rings is 1. The molecule has 0 saturated heterocycles. The monoisotopic (exact) mass is 293 g/mol. The molecule has 0 aliphatic rings. The fraction of sp³-hybridized carbons (Fsp3) is 0. The van der Waals surface area contributed by atoms with Crippen LogP contribution in [0.5, 0.6) is 5.75 Å². The lowest BCUT2D eigenvalue weighted by atomic mass is 10.2. The van der Waals surface area contributed by atoms with Crippen molar-refractivity contribution in [1.82, 2.24) is 4.98 Å². The molecule has 20 heavy (non-hydrogen) atoms. The van der Waals surface area contributed by atoms with Gasteiger partial charge < -0.3 is 10.4 Å². The third-order valence-electron chi connectivity index (χ3n) is 2.39. The Morgan fingerprint density at radius 2 is 2.10 bits per heavy atom. The molecule has 1 aromatic heterocycles. The van der Waals surface area contributed by atoms with Gasteiger partial charge in [-0.3, -0.25) is 19.9 Å². The summed E-state index contributed by atoms with van der Waals surface area (Å²) in [6.07, 6.45) is 2.40. The number of anilines is 1. The minimum absolute atomic E-state index is 0.00717. The summed E-state index contributed by atoms with van der Waals surface area (Å²) in [4.78, 5) is 25.8. The fourth-order valence-electron chi connectivity index (χ4n) is 1.51. The molecule has 2 N–H and O–H groups in total. The summed E-state index contributed by atoms with van der Waals surface area (Å²) in [6.45, 7) is 0. The van der Waals surface area contributed by atoms with Crippen LogP contribution >= 0.6 is 11.6 Å². The molecule has 1 aromatic carbocycles. The Bertz CT molecular complexity index is 690. The van der Waals surface area contributed by atoms with Crippen LogP contribution in [0.1, 0.15) is 10.4 Å². The van der Waals surface area contributed by atoms with Gasteiger partial charge in [0.05, 0.1) is 16.7 Å². The minimum atomic E-state index is -0.651. The zero-order valence-electron chi connectivity index (χ0n) is 9.91. The van der Waals surface area contributed by atoms with E-state index >= 15 is 0 Å². The second kappa shape index (κ2) is 5.54. The van der Waals surface area contributed by atoms with E-state index in [4.69, 9.17) is 11.6 Å². The normalized spacial score (nSPS) is 10.1. The number of benzene rings is 1. The zero-order valence-corrected chi connectivity index (χ0v) is 10.7. The van der Waals surface area contributed by atoms with Crippen molar-refractivity contribution < 1.29 is 14.8 Å². The molecule has 0 aliphatic carbocycles. The first-order valence-corrected chi connectivity index (χ1v) is 5.74. The summed E-state index contributed by atoms with van der Waals surface area (Å²) in [5, 5.41) is 22.7. The van der Waals surface area contributed by atoms with Gasteiger partial charge in [0.25, 0.3) is 11.6 Å². The molecule has 0 radical (unpaired) electrons. The molecule has 2 aromatic rings. The number of halogens is 1. The van der Waals surface area contributed by atoms with Crippen LogP contribution in [0.2, 0.25) is 5.02 Å². The van der Waals surface area contributed by atoms with Crippen molar-refractivity contribution in [3.8, 4) is 5.75 Å². The average molecular weight is 294 g/mol. The van der Waals surface area contributed by atoms with Crippen LogP contribution in [-0.4, -0.2) is 20.9 Å². The van der Waals surface area contributed by atoms with Crippen molar-refractivity contribution in [2.75, 3.05) is 5.32 Å². The predicted octanol–water partition coefficient (Wildman–Crippen LogP) is 2.60. The average Bonchev–Trinajstić information content (AvgIpc) is 2.40. The number of carbonyl (C=O) groups excluding carboxylic acids is 1. The van der Waals surface area contributed by atoms with Gasteiger partial charge in [-0.1, -0.05) is 11.6 Å². The molecule has 7 nitrogen and oxygen atoms in total. The van der Waals surface area contributed by atoms with Gasteiger partial charge in [-0.2, -0.15) is 0 Å². The number of amides is 1. The smallest absolute Gasteiger partial charge is 0.294 e. The molecular weight excluding hydrogens is 286 g/mol. The van der Waals surface area contributed by atoms with E-state index in [1.54, 1.807) is 0 Å². The van der Waals surface area contributed by atoms with E-state index in [-0.39, 0.29) is 27.7 Å². The summed E-state index contributed by atoms with van der Waals surface area (Å²) < 4.78 is 0. The Labute approximate surface area is 118 Å². The molecule has 8 heteroatoms. The predicted molar refractivity (Wildman–Crippen MR) is 72.0 cm³/mol. The molecule has 102 valence electrons. The van der Waals surface area contributed by atoms with Gasteiger partial charge in [-0.15, -0.1) is 0 Å². The first-order chi connectivity index (χ1) is 9.47. The van der Waals surface area contributed by atoms with Gasteiger partial charge >= 0.3 is 0 Å². The third kappa shape index (κ3) is 3.01. The van der Waals surface area contributed by atoms with Gasteiger partial charge in [0.2, 0.25) is 0 Å². The highest BCUT2D eigenvalue weighted by molar-refractivity contribution is 6.31. The Morgan fingerprint density at radius 3 is 2.75 bits per heavy atom. The van der Waals surface area contributed by atoms with Gasteiger partial charge in [0.15, 0.2) is 0 Å². The molecular formula is C12H8ClN3O4. The van der Waals surface area contributed by atoms with Gasteiger partial charge in [0.1, 0.15) is 11.4 Å². The number of nitrogens with zero attached hydrogens (tertiary/aromatic N) is 2. The van der Waals surface area contributed by atoms with E-state index in [2.05, 4.69) is 10.3 Å². The Morgan fingerprint density at radius 1 is 1.35 bits per heavy atom. The highest BCUT2D eigenvalue weighted by Crippen LogP contribution is 2.28. The van der Waals surface area contributed by atoms with E-state index in [1.807, 2.05) is 0 Å². The van der Waals surface area contributed by atoms with Gasteiger partial charge in [-0.25, -0.2) is 0 Å². The molecule has 0 spiro atoms. The molecule has 0 fully saturated rings. The first kappa shape index (κ1) is 13.8. The Kier molecular flexibility index (Phi) is 3.81. The number of nitro groups is 1. The number of aromatic nitrogens is 1. The maximum Gasteiger partial charge on any atom is 0.294 e. The molecule has 2 rings (SSSR count). The molecule has 0 unspecified atom stereocenters. The lowest BCUT2D eigenvalue weighted by Crippen LogP contribution is -2.13. The molecule has 0 bridgehead atoms. The number of nitrogens with one attached hydrogen (secondary N) is 1. The number of hydrogen-bond acceptors (Lipinski definition) is 5. The van der Waals surface area contributed by atoms with Crippen LogP contribution in [0.15, 0.2) is 36.7 Å². The summed E-state index contributed by atoms with van der Waals surface area (Å²) >= 11 is 5.68. The summed E-state index contributed by atoms with van der Waals surface area (Å²) in [5.41, 5.74) is -0.235. The van der Waals surface area contributed by atoms with E-state index in [9.17, 15) is 20.0 Å². The Balaban J connectivity index is 2.30. The second-order valence-electron chi connectivity index (χ2n) is 3.80. The molecule has 0 atom stereocenters. The molecule has 0 saturated carbocycles. The Hall–Kier alpha value is -2.67. The molecule has 0 aliphatic heterocycles. The fourth-order valence-corrected chi connectivity index (χ4v) is 1.67. The lowest BCUT2D eigenvalue weighted by Gasteiger charge is -2.06. The van der Waals surface area contributed by atoms with Crippen LogP contribution in [0.3, 0.4) is 0 Å². The number of rotatable bonds is 3. The van der Waals surface area contributed by atoms with Crippen LogP contribution in [0.4, 0.5) is 11.4 Å². The maximum absolute atomic E-state index is 11.9.